The Balaban J connectivity index is 0. The number of rotatable bonds is 2. The summed E-state index contributed by atoms with van der Waals surface area (Å²) in [6.07, 6.45) is 1.10. The van der Waals surface area contributed by atoms with Crippen molar-refractivity contribution in [2.24, 2.45) is 5.92 Å². The third kappa shape index (κ3) is 6.49. The zero-order valence-corrected chi connectivity index (χ0v) is 12.9. The molecule has 6 heteroatoms. The van der Waals surface area contributed by atoms with E-state index >= 15 is 0 Å². The first-order chi connectivity index (χ1) is 5.12. The zero-order chi connectivity index (χ0) is 8.32. The van der Waals surface area contributed by atoms with Gasteiger partial charge in [0.2, 0.25) is 0 Å². The van der Waals surface area contributed by atoms with Crippen LogP contribution in [0.15, 0.2) is 0 Å². The molecule has 1 rings (SSSR count). The van der Waals surface area contributed by atoms with Crippen LogP contribution in [-0.4, -0.2) is 6.16 Å². The molecule has 77 valence electrons. The summed E-state index contributed by atoms with van der Waals surface area (Å²) in [7, 11) is -2.78. The van der Waals surface area contributed by atoms with E-state index < -0.39 is 7.60 Å². The predicted molar refractivity (Wildman–Crippen MR) is 42.7 cm³/mol. The minimum absolute atomic E-state index is 0. The molecule has 0 aliphatic carbocycles. The summed E-state index contributed by atoms with van der Waals surface area (Å²) in [5.41, 5.74) is 0. The largest absolute Gasteiger partial charge is 0.490 e. The molecule has 0 amide bonds. The van der Waals surface area contributed by atoms with E-state index in [2.05, 4.69) is 0 Å². The van der Waals surface area contributed by atoms with Gasteiger partial charge in [-0.25, -0.2) is 13.2 Å². The second kappa shape index (κ2) is 7.68. The monoisotopic (exact) mass is 411 g/mol. The van der Waals surface area contributed by atoms with E-state index in [1.54, 1.807) is 0 Å². The molecule has 0 spiro atoms. The summed E-state index contributed by atoms with van der Waals surface area (Å²) in [4.78, 5) is 0. The van der Waals surface area contributed by atoms with Crippen LogP contribution in [-0.2, 0) is 53.2 Å². The molecule has 3 nitrogen and oxygen atoms in total. The van der Waals surface area contributed by atoms with Crippen molar-refractivity contribution in [1.82, 2.24) is 0 Å². The van der Waals surface area contributed by atoms with Crippen molar-refractivity contribution in [3.05, 3.63) is 13.2 Å². The molecule has 1 fully saturated rings. The van der Waals surface area contributed by atoms with E-state index in [-0.39, 0.29) is 39.6 Å². The van der Waals surface area contributed by atoms with Crippen LogP contribution in [0.5, 0.6) is 0 Å². The third-order valence-corrected chi connectivity index (χ3v) is 3.37. The van der Waals surface area contributed by atoms with Gasteiger partial charge in [0.05, 0.1) is 0 Å². The smallest absolute Gasteiger partial charge is 0.270 e. The summed E-state index contributed by atoms with van der Waals surface area (Å²) >= 11 is 0. The molecule has 1 aliphatic heterocycles. The number of hydrogen-bond acceptors (Lipinski definition) is 3. The van der Waals surface area contributed by atoms with Gasteiger partial charge in [0.1, 0.15) is 0 Å². The van der Waals surface area contributed by atoms with Gasteiger partial charge in [-0.3, -0.25) is 11.0 Å². The van der Waals surface area contributed by atoms with E-state index in [1.807, 2.05) is 13.8 Å². The van der Waals surface area contributed by atoms with Gasteiger partial charge >= 0.3 is 0 Å². The van der Waals surface area contributed by atoms with Crippen LogP contribution in [0.1, 0.15) is 20.3 Å². The van der Waals surface area contributed by atoms with Crippen molar-refractivity contribution in [2.45, 2.75) is 20.3 Å². The van der Waals surface area contributed by atoms with Crippen LogP contribution < -0.4 is 0 Å². The van der Waals surface area contributed by atoms with Gasteiger partial charge < -0.3 is 9.05 Å². The molecule has 0 bridgehead atoms. The van der Waals surface area contributed by atoms with Crippen molar-refractivity contribution < 1.29 is 53.2 Å². The maximum absolute atomic E-state index is 11.5. The minimum Gasteiger partial charge on any atom is -0.490 e. The van der Waals surface area contributed by atoms with Crippen LogP contribution in [0.25, 0.3) is 0 Å². The maximum atomic E-state index is 11.5. The molecule has 0 aromatic carbocycles. The molecule has 1 heterocycles. The maximum Gasteiger partial charge on any atom is 0.270 e. The van der Waals surface area contributed by atoms with Gasteiger partial charge in [0, 0.05) is 45.8 Å². The summed E-state index contributed by atoms with van der Waals surface area (Å²) < 4.78 is 21.4. The SMILES string of the molecule is CC(C)CP1(=O)O[CH-]C[CH-]O1.[V].[W]. The van der Waals surface area contributed by atoms with Gasteiger partial charge in [-0.1, -0.05) is 13.8 Å². The van der Waals surface area contributed by atoms with E-state index in [4.69, 9.17) is 9.05 Å². The molecule has 1 saturated heterocycles. The van der Waals surface area contributed by atoms with Crippen LogP contribution in [0.2, 0.25) is 0 Å². The first kappa shape index (κ1) is 16.8. The summed E-state index contributed by atoms with van der Waals surface area (Å²) in [5.74, 6) is 0.334. The Bertz CT molecular complexity index is 167. The van der Waals surface area contributed by atoms with Gasteiger partial charge in [0.15, 0.2) is 0 Å². The Kier molecular flexibility index (Phi) is 9.95. The normalized spacial score (nSPS) is 20.2. The fourth-order valence-electron chi connectivity index (χ4n) is 0.911. The molecule has 0 aromatic heterocycles. The fraction of sp³-hybridized carbons (Fsp3) is 0.714. The third-order valence-electron chi connectivity index (χ3n) is 1.25. The quantitative estimate of drug-likeness (QED) is 0.518. The predicted octanol–water partition coefficient (Wildman–Crippen LogP) is 2.59. The second-order valence-electron chi connectivity index (χ2n) is 2.97. The Morgan fingerprint density at radius 1 is 1.38 bits per heavy atom. The Labute approximate surface area is 106 Å². The van der Waals surface area contributed by atoms with Crippen LogP contribution in [0, 0.1) is 19.1 Å². The Hall–Kier alpha value is 1.42. The van der Waals surface area contributed by atoms with E-state index in [9.17, 15) is 4.57 Å². The standard InChI is InChI=1S/C7H13O3P.V.W/c1-7(2)6-11(8)9-4-3-5-10-11;;/h4-5,7H,3,6H2,1-2H3;;/q-2;;. The molecular formula is C7H13O3PVW-2. The van der Waals surface area contributed by atoms with Crippen LogP contribution in [0.4, 0.5) is 0 Å². The Morgan fingerprint density at radius 3 is 2.23 bits per heavy atom. The zero-order valence-electron chi connectivity index (χ0n) is 7.67. The summed E-state index contributed by atoms with van der Waals surface area (Å²) in [6, 6.07) is 0. The molecule has 13 heavy (non-hydrogen) atoms. The first-order valence-electron chi connectivity index (χ1n) is 3.71. The van der Waals surface area contributed by atoms with Crippen LogP contribution in [0.3, 0.4) is 0 Å². The molecule has 0 N–H and O–H groups in total. The van der Waals surface area contributed by atoms with E-state index in [0.717, 1.165) is 0 Å². The Morgan fingerprint density at radius 2 is 1.85 bits per heavy atom. The average Bonchev–Trinajstić information content (AvgIpc) is 1.85. The van der Waals surface area contributed by atoms with Crippen molar-refractivity contribution in [3.63, 3.8) is 0 Å². The van der Waals surface area contributed by atoms with Gasteiger partial charge in [-0.05, 0) is 5.92 Å². The molecule has 1 radical (unpaired) electrons. The van der Waals surface area contributed by atoms with Crippen LogP contribution >= 0.6 is 7.60 Å². The van der Waals surface area contributed by atoms with E-state index in [0.29, 0.717) is 18.5 Å². The van der Waals surface area contributed by atoms with Gasteiger partial charge in [0.25, 0.3) is 7.60 Å². The molecule has 0 atom stereocenters. The topological polar surface area (TPSA) is 35.5 Å². The summed E-state index contributed by atoms with van der Waals surface area (Å²) in [6.45, 7) is 7.04. The molecule has 0 aromatic rings. The fourth-order valence-corrected chi connectivity index (χ4v) is 2.65. The summed E-state index contributed by atoms with van der Waals surface area (Å²) in [5, 5.41) is 0. The second-order valence-corrected chi connectivity index (χ2v) is 4.98. The molecule has 0 unspecified atom stereocenters. The van der Waals surface area contributed by atoms with Crippen molar-refractivity contribution >= 4 is 7.60 Å². The van der Waals surface area contributed by atoms with Gasteiger partial charge in [-0.2, -0.15) is 0 Å². The molecule has 1 aliphatic rings. The van der Waals surface area contributed by atoms with Crippen molar-refractivity contribution in [3.8, 4) is 0 Å². The first-order valence-corrected chi connectivity index (χ1v) is 5.44. The van der Waals surface area contributed by atoms with Crippen molar-refractivity contribution in [1.29, 1.82) is 0 Å². The average molecular weight is 411 g/mol. The van der Waals surface area contributed by atoms with Gasteiger partial charge in [-0.15, -0.1) is 0 Å². The minimum atomic E-state index is -2.78. The van der Waals surface area contributed by atoms with E-state index in [1.165, 1.54) is 13.2 Å². The number of hydrogen-bond donors (Lipinski definition) is 0. The molecular weight excluding hydrogens is 398 g/mol. The van der Waals surface area contributed by atoms with Crippen molar-refractivity contribution in [2.75, 3.05) is 6.16 Å². The molecule has 0 saturated carbocycles.